The third-order valence-corrected chi connectivity index (χ3v) is 7.69. The molecule has 1 aromatic heterocycles. The van der Waals surface area contributed by atoms with E-state index < -0.39 is 10.0 Å². The predicted octanol–water partition coefficient (Wildman–Crippen LogP) is 2.13. The Balaban J connectivity index is 1.49. The van der Waals surface area contributed by atoms with E-state index in [9.17, 15) is 8.42 Å². The maximum absolute atomic E-state index is 13.1. The molecule has 0 radical (unpaired) electrons. The molecule has 28 heavy (non-hydrogen) atoms. The number of piperazine rings is 1. The van der Waals surface area contributed by atoms with Crippen LogP contribution in [0.5, 0.6) is 0 Å². The van der Waals surface area contributed by atoms with Gasteiger partial charge in [0.15, 0.2) is 12.3 Å². The van der Waals surface area contributed by atoms with Crippen LogP contribution in [0.4, 0.5) is 0 Å². The van der Waals surface area contributed by atoms with E-state index in [4.69, 9.17) is 16.6 Å². The average molecular weight is 419 g/mol. The minimum Gasteiger partial charge on any atom is -0.429 e. The molecule has 1 aliphatic rings. The molecule has 0 saturated carbocycles. The largest absolute Gasteiger partial charge is 0.429 e. The average Bonchev–Trinajstić information content (AvgIpc) is 2.99. The summed E-state index contributed by atoms with van der Waals surface area (Å²) in [7, 11) is -3.47. The number of hydrogen-bond donors (Lipinski definition) is 1. The molecule has 2 heterocycles. The van der Waals surface area contributed by atoms with Crippen molar-refractivity contribution in [3.05, 3.63) is 58.4 Å². The number of quaternary nitrogens is 1. The Hall–Kier alpha value is -2.00. The van der Waals surface area contributed by atoms with Crippen LogP contribution in [-0.4, -0.2) is 43.5 Å². The quantitative estimate of drug-likeness (QED) is 0.660. The Kier molecular flexibility index (Phi) is 5.13. The first-order valence-electron chi connectivity index (χ1n) is 9.35. The van der Waals surface area contributed by atoms with Gasteiger partial charge in [0, 0.05) is 0 Å². The van der Waals surface area contributed by atoms with E-state index in [0.717, 1.165) is 35.3 Å². The molecule has 0 aliphatic carbocycles. The Morgan fingerprint density at radius 2 is 1.82 bits per heavy atom. The first-order valence-corrected chi connectivity index (χ1v) is 11.2. The van der Waals surface area contributed by atoms with Crippen LogP contribution >= 0.6 is 12.2 Å². The van der Waals surface area contributed by atoms with E-state index in [2.05, 4.69) is 0 Å². The number of nitrogens with zero attached hydrogens (tertiary/aromatic N) is 2. The lowest BCUT2D eigenvalue weighted by Crippen LogP contribution is -3.14. The van der Waals surface area contributed by atoms with Gasteiger partial charge in [0.05, 0.1) is 36.6 Å². The van der Waals surface area contributed by atoms with Crippen molar-refractivity contribution >= 4 is 33.3 Å². The van der Waals surface area contributed by atoms with E-state index in [-0.39, 0.29) is 0 Å². The molecule has 1 aliphatic heterocycles. The molecule has 0 bridgehead atoms. The van der Waals surface area contributed by atoms with Crippen molar-refractivity contribution in [3.63, 3.8) is 0 Å². The molecular formula is C20H24N3O3S2+. The van der Waals surface area contributed by atoms with Crippen LogP contribution in [-0.2, 0) is 16.7 Å². The van der Waals surface area contributed by atoms with Gasteiger partial charge < -0.3 is 9.32 Å². The molecule has 2 aromatic carbocycles. The monoisotopic (exact) mass is 418 g/mol. The summed E-state index contributed by atoms with van der Waals surface area (Å²) in [5.74, 6) is 0. The molecule has 8 heteroatoms. The highest BCUT2D eigenvalue weighted by atomic mass is 32.2. The molecule has 1 saturated heterocycles. The highest BCUT2D eigenvalue weighted by Crippen LogP contribution is 2.21. The number of sulfonamides is 1. The van der Waals surface area contributed by atoms with Crippen molar-refractivity contribution in [1.82, 2.24) is 8.87 Å². The van der Waals surface area contributed by atoms with Gasteiger partial charge in [-0.3, -0.25) is 4.57 Å². The van der Waals surface area contributed by atoms with Crippen LogP contribution in [0.25, 0.3) is 11.1 Å². The predicted molar refractivity (Wildman–Crippen MR) is 110 cm³/mol. The van der Waals surface area contributed by atoms with Gasteiger partial charge in [0.25, 0.3) is 4.84 Å². The number of aromatic nitrogens is 1. The van der Waals surface area contributed by atoms with Gasteiger partial charge >= 0.3 is 0 Å². The molecule has 3 aromatic rings. The number of hydrogen-bond acceptors (Lipinski definition) is 4. The van der Waals surface area contributed by atoms with Gasteiger partial charge in [-0.05, 0) is 55.4 Å². The first kappa shape index (κ1) is 19.3. The second-order valence-corrected chi connectivity index (χ2v) is 9.60. The Labute approximate surface area is 170 Å². The molecule has 1 fully saturated rings. The van der Waals surface area contributed by atoms with Crippen LogP contribution in [0, 0.1) is 18.7 Å². The topological polar surface area (TPSA) is 59.9 Å². The zero-order chi connectivity index (χ0) is 19.9. The normalized spacial score (nSPS) is 16.6. The fourth-order valence-corrected chi connectivity index (χ4v) is 5.72. The van der Waals surface area contributed by atoms with Crippen LogP contribution < -0.4 is 4.90 Å². The van der Waals surface area contributed by atoms with Gasteiger partial charge in [-0.1, -0.05) is 24.3 Å². The van der Waals surface area contributed by atoms with Crippen molar-refractivity contribution in [2.45, 2.75) is 25.4 Å². The summed E-state index contributed by atoms with van der Waals surface area (Å²) in [5.41, 5.74) is 3.50. The molecule has 0 spiro atoms. The second kappa shape index (κ2) is 7.44. The number of oxazole rings is 1. The van der Waals surface area contributed by atoms with Gasteiger partial charge in [0.1, 0.15) is 0 Å². The van der Waals surface area contributed by atoms with Crippen LogP contribution in [0.15, 0.2) is 51.8 Å². The van der Waals surface area contributed by atoms with E-state index in [1.807, 2.05) is 54.8 Å². The molecule has 0 unspecified atom stereocenters. The maximum atomic E-state index is 13.1. The van der Waals surface area contributed by atoms with Crippen molar-refractivity contribution in [3.8, 4) is 0 Å². The van der Waals surface area contributed by atoms with Gasteiger partial charge in [0.2, 0.25) is 10.0 Å². The number of aryl methyl sites for hydroxylation is 2. The maximum Gasteiger partial charge on any atom is 0.274 e. The lowest BCUT2D eigenvalue weighted by Gasteiger charge is -2.32. The van der Waals surface area contributed by atoms with Gasteiger partial charge in [-0.2, -0.15) is 4.31 Å². The third-order valence-electron chi connectivity index (χ3n) is 5.35. The molecule has 0 amide bonds. The number of rotatable bonds is 4. The summed E-state index contributed by atoms with van der Waals surface area (Å²) in [4.78, 5) is 2.16. The summed E-state index contributed by atoms with van der Waals surface area (Å²) >= 11 is 5.37. The van der Waals surface area contributed by atoms with Crippen molar-refractivity contribution in [1.29, 1.82) is 0 Å². The minimum absolute atomic E-state index is 0.416. The van der Waals surface area contributed by atoms with Gasteiger partial charge in [-0.15, -0.1) is 0 Å². The lowest BCUT2D eigenvalue weighted by molar-refractivity contribution is -0.926. The Bertz CT molecular complexity index is 1170. The zero-order valence-corrected chi connectivity index (χ0v) is 17.6. The molecular weight excluding hydrogens is 394 g/mol. The standard InChI is InChI=1S/C20H23N3O3S2/c1-15-7-8-16(2)19(13-15)28(24,25)22-11-9-21(10-12-22)14-23-17-5-3-4-6-18(17)26-20(23)27/h3-8,13H,9-12,14H2,1-2H3/p+1. The Morgan fingerprint density at radius 3 is 2.57 bits per heavy atom. The van der Waals surface area contributed by atoms with Gasteiger partial charge in [-0.25, -0.2) is 8.42 Å². The highest BCUT2D eigenvalue weighted by molar-refractivity contribution is 7.89. The van der Waals surface area contributed by atoms with E-state index in [0.29, 0.717) is 29.5 Å². The van der Waals surface area contributed by atoms with E-state index >= 15 is 0 Å². The SMILES string of the molecule is Cc1ccc(C)c(S(=O)(=O)N2CC[NH+](Cn3c(=S)oc4ccccc43)CC2)c1. The summed E-state index contributed by atoms with van der Waals surface area (Å²) in [6, 6.07) is 13.4. The fraction of sp³-hybridized carbons (Fsp3) is 0.350. The highest BCUT2D eigenvalue weighted by Gasteiger charge is 2.31. The number of nitrogens with one attached hydrogen (secondary N) is 1. The molecule has 4 rings (SSSR count). The third kappa shape index (κ3) is 3.53. The van der Waals surface area contributed by atoms with Crippen LogP contribution in [0.1, 0.15) is 11.1 Å². The number of benzene rings is 2. The summed E-state index contributed by atoms with van der Waals surface area (Å²) in [6.45, 7) is 6.88. The Morgan fingerprint density at radius 1 is 1.11 bits per heavy atom. The van der Waals surface area contributed by atoms with Crippen molar-refractivity contribution < 1.29 is 17.7 Å². The van der Waals surface area contributed by atoms with Crippen LogP contribution in [0.3, 0.4) is 0 Å². The molecule has 6 nitrogen and oxygen atoms in total. The number of fused-ring (bicyclic) bond motifs is 1. The molecule has 148 valence electrons. The van der Waals surface area contributed by atoms with Crippen molar-refractivity contribution in [2.75, 3.05) is 26.2 Å². The summed E-state index contributed by atoms with van der Waals surface area (Å²) in [6.07, 6.45) is 0. The smallest absolute Gasteiger partial charge is 0.274 e. The summed E-state index contributed by atoms with van der Waals surface area (Å²) < 4.78 is 35.4. The second-order valence-electron chi connectivity index (χ2n) is 7.34. The summed E-state index contributed by atoms with van der Waals surface area (Å²) in [5, 5.41) is 0. The minimum atomic E-state index is -3.47. The molecule has 1 N–H and O–H groups in total. The first-order chi connectivity index (χ1) is 13.4. The lowest BCUT2D eigenvalue weighted by atomic mass is 10.2. The van der Waals surface area contributed by atoms with Crippen molar-refractivity contribution in [2.24, 2.45) is 0 Å². The van der Waals surface area contributed by atoms with Crippen LogP contribution in [0.2, 0.25) is 0 Å². The van der Waals surface area contributed by atoms with E-state index in [1.165, 1.54) is 4.90 Å². The zero-order valence-electron chi connectivity index (χ0n) is 16.0. The van der Waals surface area contributed by atoms with E-state index in [1.54, 1.807) is 10.4 Å². The fourth-order valence-electron chi connectivity index (χ4n) is 3.71. The number of para-hydroxylation sites is 2. The molecule has 0 atom stereocenters.